The van der Waals surface area contributed by atoms with Crippen molar-refractivity contribution in [2.24, 2.45) is 5.41 Å². The third-order valence-corrected chi connectivity index (χ3v) is 3.50. The van der Waals surface area contributed by atoms with Crippen molar-refractivity contribution in [1.82, 2.24) is 5.32 Å². The molecular formula is C17H19NO5. The molecule has 1 unspecified atom stereocenters. The topological polar surface area (TPSA) is 88.8 Å². The highest BCUT2D eigenvalue weighted by atomic mass is 16.5. The van der Waals surface area contributed by atoms with Crippen LogP contribution in [-0.4, -0.2) is 23.7 Å². The number of carboxylic acids is 1. The highest BCUT2D eigenvalue weighted by molar-refractivity contribution is 5.76. The van der Waals surface area contributed by atoms with Gasteiger partial charge in [-0.15, -0.1) is 0 Å². The Morgan fingerprint density at radius 2 is 1.96 bits per heavy atom. The second-order valence-electron chi connectivity index (χ2n) is 5.54. The molecule has 0 fully saturated rings. The van der Waals surface area contributed by atoms with E-state index in [4.69, 9.17) is 9.15 Å². The number of rotatable bonds is 7. The Bertz CT molecular complexity index is 638. The predicted molar refractivity (Wildman–Crippen MR) is 82.8 cm³/mol. The first-order chi connectivity index (χ1) is 11.0. The summed E-state index contributed by atoms with van der Waals surface area (Å²) in [6.45, 7) is 1.63. The number of ether oxygens (including phenoxy) is 1. The Balaban J connectivity index is 1.85. The molecule has 0 aliphatic heterocycles. The van der Waals surface area contributed by atoms with Gasteiger partial charge in [-0.3, -0.25) is 4.79 Å². The summed E-state index contributed by atoms with van der Waals surface area (Å²) in [4.78, 5) is 23.2. The predicted octanol–water partition coefficient (Wildman–Crippen LogP) is 2.84. The summed E-state index contributed by atoms with van der Waals surface area (Å²) in [6, 6.07) is 12.6. The van der Waals surface area contributed by atoms with Gasteiger partial charge in [0.05, 0.1) is 11.7 Å². The molecule has 1 amide bonds. The molecule has 1 heterocycles. The Hall–Kier alpha value is -2.76. The number of hydrogen-bond acceptors (Lipinski definition) is 4. The SMILES string of the molecule is CC(CNC(=O)OCc1ccccc1)(Cc1ccco1)C(=O)O. The molecule has 0 bridgehead atoms. The van der Waals surface area contributed by atoms with E-state index in [1.165, 1.54) is 6.26 Å². The molecular weight excluding hydrogens is 298 g/mol. The van der Waals surface area contributed by atoms with Gasteiger partial charge in [0.1, 0.15) is 12.4 Å². The van der Waals surface area contributed by atoms with Gasteiger partial charge >= 0.3 is 12.1 Å². The van der Waals surface area contributed by atoms with E-state index in [2.05, 4.69) is 5.32 Å². The summed E-state index contributed by atoms with van der Waals surface area (Å²) < 4.78 is 10.3. The quantitative estimate of drug-likeness (QED) is 0.819. The van der Waals surface area contributed by atoms with Gasteiger partial charge in [-0.25, -0.2) is 4.79 Å². The summed E-state index contributed by atoms with van der Waals surface area (Å²) in [5.41, 5.74) is -0.317. The third kappa shape index (κ3) is 4.88. The van der Waals surface area contributed by atoms with Crippen molar-refractivity contribution in [1.29, 1.82) is 0 Å². The van der Waals surface area contributed by atoms with E-state index in [0.717, 1.165) is 5.56 Å². The average Bonchev–Trinajstić information content (AvgIpc) is 3.04. The maximum absolute atomic E-state index is 11.7. The van der Waals surface area contributed by atoms with Crippen molar-refractivity contribution >= 4 is 12.1 Å². The van der Waals surface area contributed by atoms with Crippen LogP contribution in [0.5, 0.6) is 0 Å². The van der Waals surface area contributed by atoms with Crippen molar-refractivity contribution < 1.29 is 23.8 Å². The largest absolute Gasteiger partial charge is 0.481 e. The molecule has 2 aromatic rings. The smallest absolute Gasteiger partial charge is 0.407 e. The minimum Gasteiger partial charge on any atom is -0.481 e. The summed E-state index contributed by atoms with van der Waals surface area (Å²) in [6.07, 6.45) is 1.01. The molecule has 122 valence electrons. The first kappa shape index (κ1) is 16.6. The number of amides is 1. The fraction of sp³-hybridized carbons (Fsp3) is 0.294. The molecule has 0 saturated carbocycles. The maximum Gasteiger partial charge on any atom is 0.407 e. The molecule has 1 aromatic heterocycles. The van der Waals surface area contributed by atoms with Gasteiger partial charge in [-0.1, -0.05) is 30.3 Å². The van der Waals surface area contributed by atoms with Gasteiger partial charge < -0.3 is 19.6 Å². The van der Waals surface area contributed by atoms with Crippen molar-refractivity contribution in [3.8, 4) is 0 Å². The van der Waals surface area contributed by atoms with Gasteiger partial charge in [0.15, 0.2) is 0 Å². The Morgan fingerprint density at radius 3 is 2.57 bits per heavy atom. The van der Waals surface area contributed by atoms with Crippen LogP contribution >= 0.6 is 0 Å². The Kier molecular flexibility index (Phi) is 5.41. The van der Waals surface area contributed by atoms with E-state index in [9.17, 15) is 14.7 Å². The molecule has 6 nitrogen and oxygen atoms in total. The van der Waals surface area contributed by atoms with Crippen LogP contribution in [0.3, 0.4) is 0 Å². The number of benzene rings is 1. The van der Waals surface area contributed by atoms with Gasteiger partial charge in [0.25, 0.3) is 0 Å². The van der Waals surface area contributed by atoms with Crippen LogP contribution in [0.1, 0.15) is 18.2 Å². The number of carboxylic acid groups (broad SMARTS) is 1. The minimum atomic E-state index is -1.18. The lowest BCUT2D eigenvalue weighted by Gasteiger charge is -2.23. The standard InChI is InChI=1S/C17H19NO5/c1-17(15(19)20,10-14-8-5-9-22-14)12-18-16(21)23-11-13-6-3-2-4-7-13/h2-9H,10-12H2,1H3,(H,18,21)(H,19,20). The number of carbonyl (C=O) groups is 2. The zero-order chi connectivity index (χ0) is 16.7. The van der Waals surface area contributed by atoms with Crippen LogP contribution in [0, 0.1) is 5.41 Å². The van der Waals surface area contributed by atoms with E-state index in [0.29, 0.717) is 5.76 Å². The lowest BCUT2D eigenvalue weighted by atomic mass is 9.86. The van der Waals surface area contributed by atoms with E-state index in [-0.39, 0.29) is 19.6 Å². The van der Waals surface area contributed by atoms with Gasteiger partial charge in [0.2, 0.25) is 0 Å². The van der Waals surface area contributed by atoms with Crippen LogP contribution in [0.15, 0.2) is 53.1 Å². The molecule has 23 heavy (non-hydrogen) atoms. The highest BCUT2D eigenvalue weighted by Crippen LogP contribution is 2.22. The number of alkyl carbamates (subject to hydrolysis) is 1. The number of furan rings is 1. The van der Waals surface area contributed by atoms with Crippen molar-refractivity contribution in [2.75, 3.05) is 6.54 Å². The zero-order valence-electron chi connectivity index (χ0n) is 12.8. The van der Waals surface area contributed by atoms with E-state index in [1.54, 1.807) is 19.1 Å². The van der Waals surface area contributed by atoms with Gasteiger partial charge in [-0.05, 0) is 24.6 Å². The van der Waals surface area contributed by atoms with Crippen LogP contribution in [-0.2, 0) is 22.6 Å². The molecule has 2 N–H and O–H groups in total. The third-order valence-electron chi connectivity index (χ3n) is 3.50. The molecule has 2 rings (SSSR count). The Morgan fingerprint density at radius 1 is 1.22 bits per heavy atom. The second-order valence-corrected chi connectivity index (χ2v) is 5.54. The molecule has 0 saturated heterocycles. The number of carbonyl (C=O) groups excluding carboxylic acids is 1. The monoisotopic (exact) mass is 317 g/mol. The van der Waals surface area contributed by atoms with Crippen molar-refractivity contribution in [3.05, 3.63) is 60.1 Å². The normalized spacial score (nSPS) is 13.1. The fourth-order valence-corrected chi connectivity index (χ4v) is 2.05. The van der Waals surface area contributed by atoms with Crippen LogP contribution < -0.4 is 5.32 Å². The highest BCUT2D eigenvalue weighted by Gasteiger charge is 2.35. The lowest BCUT2D eigenvalue weighted by Crippen LogP contribution is -2.42. The first-order valence-corrected chi connectivity index (χ1v) is 7.20. The van der Waals surface area contributed by atoms with Crippen molar-refractivity contribution in [2.45, 2.75) is 20.0 Å². The zero-order valence-corrected chi connectivity index (χ0v) is 12.8. The maximum atomic E-state index is 11.7. The van der Waals surface area contributed by atoms with Gasteiger partial charge in [0, 0.05) is 13.0 Å². The van der Waals surface area contributed by atoms with E-state index >= 15 is 0 Å². The second kappa shape index (κ2) is 7.49. The fourth-order valence-electron chi connectivity index (χ4n) is 2.05. The summed E-state index contributed by atoms with van der Waals surface area (Å²) >= 11 is 0. The number of hydrogen-bond donors (Lipinski definition) is 2. The Labute approximate surface area is 134 Å². The lowest BCUT2D eigenvalue weighted by molar-refractivity contribution is -0.147. The summed E-state index contributed by atoms with van der Waals surface area (Å²) in [5.74, 6) is -0.466. The molecule has 6 heteroatoms. The molecule has 0 aliphatic rings. The van der Waals surface area contributed by atoms with Crippen LogP contribution in [0.4, 0.5) is 4.79 Å². The first-order valence-electron chi connectivity index (χ1n) is 7.20. The average molecular weight is 317 g/mol. The summed E-state index contributed by atoms with van der Waals surface area (Å²) in [7, 11) is 0. The molecule has 1 atom stereocenters. The van der Waals surface area contributed by atoms with Crippen LogP contribution in [0.25, 0.3) is 0 Å². The number of aliphatic carboxylic acids is 1. The number of nitrogens with one attached hydrogen (secondary N) is 1. The molecule has 0 aliphatic carbocycles. The molecule has 0 spiro atoms. The molecule has 0 radical (unpaired) electrons. The van der Waals surface area contributed by atoms with E-state index in [1.807, 2.05) is 30.3 Å². The summed E-state index contributed by atoms with van der Waals surface area (Å²) in [5, 5.41) is 11.9. The van der Waals surface area contributed by atoms with Crippen LogP contribution in [0.2, 0.25) is 0 Å². The van der Waals surface area contributed by atoms with Crippen molar-refractivity contribution in [3.63, 3.8) is 0 Å². The minimum absolute atomic E-state index is 0.0589. The van der Waals surface area contributed by atoms with E-state index < -0.39 is 17.5 Å². The van der Waals surface area contributed by atoms with Gasteiger partial charge in [-0.2, -0.15) is 0 Å². The molecule has 1 aromatic carbocycles.